The molecule has 0 spiro atoms. The van der Waals surface area contributed by atoms with Crippen LogP contribution in [0.3, 0.4) is 0 Å². The number of ether oxygens (including phenoxy) is 1. The van der Waals surface area contributed by atoms with Crippen molar-refractivity contribution in [2.45, 2.75) is 31.9 Å². The fourth-order valence-electron chi connectivity index (χ4n) is 2.11. The van der Waals surface area contributed by atoms with E-state index < -0.39 is 6.10 Å². The van der Waals surface area contributed by atoms with Crippen LogP contribution in [0, 0.1) is 5.92 Å². The molecule has 0 saturated heterocycles. The Morgan fingerprint density at radius 2 is 2.12 bits per heavy atom. The largest absolute Gasteiger partial charge is 0.496 e. The van der Waals surface area contributed by atoms with E-state index in [0.717, 1.165) is 17.2 Å². The van der Waals surface area contributed by atoms with Crippen LogP contribution < -0.4 is 10.1 Å². The summed E-state index contributed by atoms with van der Waals surface area (Å²) in [5.41, 5.74) is 0.852. The van der Waals surface area contributed by atoms with Gasteiger partial charge in [-0.15, -0.1) is 0 Å². The summed E-state index contributed by atoms with van der Waals surface area (Å²) in [6, 6.07) is 8.12. The predicted octanol–water partition coefficient (Wildman–Crippen LogP) is 2.12. The average molecular weight is 235 g/mol. The second-order valence-corrected chi connectivity index (χ2v) is 4.79. The van der Waals surface area contributed by atoms with Gasteiger partial charge in [0.2, 0.25) is 0 Å². The summed E-state index contributed by atoms with van der Waals surface area (Å²) < 4.78 is 5.25. The summed E-state index contributed by atoms with van der Waals surface area (Å²) in [6.45, 7) is 2.77. The summed E-state index contributed by atoms with van der Waals surface area (Å²) in [4.78, 5) is 0. The van der Waals surface area contributed by atoms with Crippen molar-refractivity contribution in [1.82, 2.24) is 5.32 Å². The smallest absolute Gasteiger partial charge is 0.124 e. The van der Waals surface area contributed by atoms with Gasteiger partial charge in [-0.1, -0.05) is 18.2 Å². The molecule has 0 aliphatic heterocycles. The maximum absolute atomic E-state index is 10.1. The van der Waals surface area contributed by atoms with Crippen LogP contribution in [0.2, 0.25) is 0 Å². The molecule has 0 radical (unpaired) electrons. The first kappa shape index (κ1) is 12.4. The quantitative estimate of drug-likeness (QED) is 0.793. The molecule has 1 aliphatic rings. The Hall–Kier alpha value is -1.06. The molecule has 17 heavy (non-hydrogen) atoms. The summed E-state index contributed by atoms with van der Waals surface area (Å²) in [6.07, 6.45) is 2.13. The van der Waals surface area contributed by atoms with E-state index >= 15 is 0 Å². The topological polar surface area (TPSA) is 41.5 Å². The molecular formula is C14H21NO2. The van der Waals surface area contributed by atoms with Crippen LogP contribution in [0.15, 0.2) is 24.3 Å². The molecule has 2 rings (SSSR count). The second kappa shape index (κ2) is 5.52. The van der Waals surface area contributed by atoms with Crippen LogP contribution in [-0.4, -0.2) is 24.8 Å². The lowest BCUT2D eigenvalue weighted by molar-refractivity contribution is 0.165. The van der Waals surface area contributed by atoms with Crippen molar-refractivity contribution in [3.8, 4) is 5.75 Å². The molecule has 2 N–H and O–H groups in total. The van der Waals surface area contributed by atoms with Crippen LogP contribution in [0.5, 0.6) is 5.75 Å². The van der Waals surface area contributed by atoms with Crippen LogP contribution in [0.1, 0.15) is 31.4 Å². The molecular weight excluding hydrogens is 214 g/mol. The van der Waals surface area contributed by atoms with Crippen LogP contribution >= 0.6 is 0 Å². The molecule has 1 fully saturated rings. The fourth-order valence-corrected chi connectivity index (χ4v) is 2.11. The molecule has 1 saturated carbocycles. The van der Waals surface area contributed by atoms with Gasteiger partial charge in [-0.05, 0) is 31.7 Å². The summed E-state index contributed by atoms with van der Waals surface area (Å²) in [5, 5.41) is 13.5. The van der Waals surface area contributed by atoms with Crippen molar-refractivity contribution in [3.63, 3.8) is 0 Å². The van der Waals surface area contributed by atoms with Crippen molar-refractivity contribution in [3.05, 3.63) is 29.8 Å². The van der Waals surface area contributed by atoms with Gasteiger partial charge in [-0.2, -0.15) is 0 Å². The van der Waals surface area contributed by atoms with E-state index in [4.69, 9.17) is 4.74 Å². The molecule has 1 aliphatic carbocycles. The summed E-state index contributed by atoms with van der Waals surface area (Å²) >= 11 is 0. The molecule has 0 unspecified atom stereocenters. The van der Waals surface area contributed by atoms with E-state index in [1.807, 2.05) is 24.3 Å². The number of hydrogen-bond donors (Lipinski definition) is 2. The van der Waals surface area contributed by atoms with E-state index in [9.17, 15) is 5.11 Å². The van der Waals surface area contributed by atoms with E-state index in [1.165, 1.54) is 12.8 Å². The van der Waals surface area contributed by atoms with Gasteiger partial charge in [0.1, 0.15) is 5.75 Å². The fraction of sp³-hybridized carbons (Fsp3) is 0.571. The Morgan fingerprint density at radius 3 is 2.76 bits per heavy atom. The molecule has 0 heterocycles. The zero-order valence-corrected chi connectivity index (χ0v) is 10.5. The normalized spacial score (nSPS) is 18.8. The molecule has 3 nitrogen and oxygen atoms in total. The van der Waals surface area contributed by atoms with Crippen molar-refractivity contribution in [1.29, 1.82) is 0 Å². The molecule has 0 bridgehead atoms. The van der Waals surface area contributed by atoms with Gasteiger partial charge >= 0.3 is 0 Å². The number of rotatable bonds is 6. The molecule has 1 aromatic carbocycles. The third-order valence-electron chi connectivity index (χ3n) is 3.46. The second-order valence-electron chi connectivity index (χ2n) is 4.79. The van der Waals surface area contributed by atoms with Crippen molar-refractivity contribution in [2.24, 2.45) is 5.92 Å². The minimum Gasteiger partial charge on any atom is -0.496 e. The van der Waals surface area contributed by atoms with Crippen molar-refractivity contribution in [2.75, 3.05) is 13.7 Å². The third-order valence-corrected chi connectivity index (χ3v) is 3.46. The Kier molecular flexibility index (Phi) is 4.02. The number of hydrogen-bond acceptors (Lipinski definition) is 3. The molecule has 0 aromatic heterocycles. The number of benzene rings is 1. The lowest BCUT2D eigenvalue weighted by Gasteiger charge is -2.18. The van der Waals surface area contributed by atoms with Gasteiger partial charge < -0.3 is 15.2 Å². The number of para-hydroxylation sites is 1. The van der Waals surface area contributed by atoms with Crippen LogP contribution in [0.25, 0.3) is 0 Å². The minimum atomic E-state index is -0.507. The Balaban J connectivity index is 1.91. The first-order valence-electron chi connectivity index (χ1n) is 6.26. The van der Waals surface area contributed by atoms with Gasteiger partial charge in [-0.3, -0.25) is 0 Å². The zero-order valence-electron chi connectivity index (χ0n) is 10.5. The average Bonchev–Trinajstić information content (AvgIpc) is 3.19. The summed E-state index contributed by atoms with van der Waals surface area (Å²) in [7, 11) is 1.63. The number of nitrogens with one attached hydrogen (secondary N) is 1. The highest BCUT2D eigenvalue weighted by Crippen LogP contribution is 2.32. The third kappa shape index (κ3) is 3.20. The van der Waals surface area contributed by atoms with Gasteiger partial charge in [-0.25, -0.2) is 0 Å². The molecule has 2 atom stereocenters. The van der Waals surface area contributed by atoms with Gasteiger partial charge in [0.15, 0.2) is 0 Å². The highest BCUT2D eigenvalue weighted by atomic mass is 16.5. The SMILES string of the molecule is COc1ccccc1[C@H](O)CN[C@H](C)C1CC1. The molecule has 1 aromatic rings. The zero-order chi connectivity index (χ0) is 12.3. The highest BCUT2D eigenvalue weighted by molar-refractivity contribution is 5.35. The maximum atomic E-state index is 10.1. The Bertz CT molecular complexity index is 363. The van der Waals surface area contributed by atoms with Gasteiger partial charge in [0.05, 0.1) is 13.2 Å². The van der Waals surface area contributed by atoms with E-state index in [1.54, 1.807) is 7.11 Å². The number of aliphatic hydroxyl groups excluding tert-OH is 1. The predicted molar refractivity (Wildman–Crippen MR) is 68.1 cm³/mol. The first-order chi connectivity index (χ1) is 8.22. The molecule has 0 amide bonds. The van der Waals surface area contributed by atoms with Crippen molar-refractivity contribution >= 4 is 0 Å². The number of methoxy groups -OCH3 is 1. The highest BCUT2D eigenvalue weighted by Gasteiger charge is 2.28. The molecule has 3 heteroatoms. The first-order valence-corrected chi connectivity index (χ1v) is 6.26. The van der Waals surface area contributed by atoms with Gasteiger partial charge in [0.25, 0.3) is 0 Å². The lowest BCUT2D eigenvalue weighted by Crippen LogP contribution is -2.32. The Morgan fingerprint density at radius 1 is 1.41 bits per heavy atom. The maximum Gasteiger partial charge on any atom is 0.124 e. The monoisotopic (exact) mass is 235 g/mol. The van der Waals surface area contributed by atoms with Crippen LogP contribution in [0.4, 0.5) is 0 Å². The lowest BCUT2D eigenvalue weighted by atomic mass is 10.1. The van der Waals surface area contributed by atoms with Crippen molar-refractivity contribution < 1.29 is 9.84 Å². The Labute approximate surface area is 103 Å². The standard InChI is InChI=1S/C14H21NO2/c1-10(11-7-8-11)15-9-13(16)12-5-3-4-6-14(12)17-2/h3-6,10-11,13,15-16H,7-9H2,1-2H3/t10-,13-/m1/s1. The van der Waals surface area contributed by atoms with Gasteiger partial charge in [0, 0.05) is 18.2 Å². The van der Waals surface area contributed by atoms with E-state index in [-0.39, 0.29) is 0 Å². The van der Waals surface area contributed by atoms with Crippen LogP contribution in [-0.2, 0) is 0 Å². The summed E-state index contributed by atoms with van der Waals surface area (Å²) in [5.74, 6) is 1.56. The molecule has 94 valence electrons. The number of aliphatic hydroxyl groups is 1. The minimum absolute atomic E-state index is 0.499. The van der Waals surface area contributed by atoms with E-state index in [0.29, 0.717) is 12.6 Å². The van der Waals surface area contributed by atoms with E-state index in [2.05, 4.69) is 12.2 Å².